The number of ether oxygens (including phenoxy) is 1. The van der Waals surface area contributed by atoms with Gasteiger partial charge in [0, 0.05) is 25.6 Å². The monoisotopic (exact) mass is 227 g/mol. The molecule has 0 saturated carbocycles. The number of methoxy groups -OCH3 is 1. The van der Waals surface area contributed by atoms with Gasteiger partial charge in [-0.15, -0.1) is 12.4 Å². The van der Waals surface area contributed by atoms with E-state index in [1.54, 1.807) is 7.11 Å². The number of carbonyl (C=O) groups is 1. The van der Waals surface area contributed by atoms with Crippen LogP contribution < -0.4 is 5.32 Å². The van der Waals surface area contributed by atoms with Crippen LogP contribution in [0.15, 0.2) is 24.3 Å². The van der Waals surface area contributed by atoms with Crippen LogP contribution in [0, 0.1) is 0 Å². The van der Waals surface area contributed by atoms with Gasteiger partial charge < -0.3 is 4.74 Å². The van der Waals surface area contributed by atoms with Crippen LogP contribution in [-0.2, 0) is 10.5 Å². The van der Waals surface area contributed by atoms with E-state index in [-0.39, 0.29) is 18.1 Å². The summed E-state index contributed by atoms with van der Waals surface area (Å²) < 4.78 is 5.43. The van der Waals surface area contributed by atoms with Crippen LogP contribution >= 0.6 is 12.4 Å². The molecular formula is C11H14ClNO2. The van der Waals surface area contributed by atoms with Crippen LogP contribution in [0.4, 0.5) is 0 Å². The molecule has 1 heterocycles. The highest BCUT2D eigenvalue weighted by atomic mass is 35.5. The molecule has 15 heavy (non-hydrogen) atoms. The van der Waals surface area contributed by atoms with E-state index in [9.17, 15) is 4.79 Å². The van der Waals surface area contributed by atoms with E-state index in [0.29, 0.717) is 5.56 Å². The molecule has 0 amide bonds. The number of hydrogen-bond acceptors (Lipinski definition) is 3. The molecule has 1 N–H and O–H groups in total. The molecule has 0 spiro atoms. The van der Waals surface area contributed by atoms with Crippen LogP contribution in [0.5, 0.6) is 0 Å². The van der Waals surface area contributed by atoms with Crippen LogP contribution in [0.2, 0.25) is 0 Å². The molecule has 1 saturated heterocycles. The smallest absolute Gasteiger partial charge is 0.150 e. The maximum absolute atomic E-state index is 10.5. The van der Waals surface area contributed by atoms with E-state index in [1.807, 2.05) is 24.3 Å². The molecule has 1 aromatic rings. The lowest BCUT2D eigenvalue weighted by Crippen LogP contribution is -2.55. The Kier molecular flexibility index (Phi) is 3.85. The van der Waals surface area contributed by atoms with Crippen molar-refractivity contribution < 1.29 is 9.53 Å². The number of halogens is 1. The molecule has 1 aromatic carbocycles. The van der Waals surface area contributed by atoms with Crippen molar-refractivity contribution in [3.63, 3.8) is 0 Å². The first-order chi connectivity index (χ1) is 6.80. The normalized spacial score (nSPS) is 23.8. The van der Waals surface area contributed by atoms with Gasteiger partial charge in [-0.1, -0.05) is 24.3 Å². The summed E-state index contributed by atoms with van der Waals surface area (Å²) in [5.74, 6) is 0. The second-order valence-electron chi connectivity index (χ2n) is 3.45. The standard InChI is InChI=1S/C11H13NO2.ClH/c1-14-11(6-7-12-11)10-4-2-9(8-13)3-5-10;/h2-5,8,12H,6-7H2,1H3;1H/t11-;/m0./s1. The van der Waals surface area contributed by atoms with Gasteiger partial charge in [-0.2, -0.15) is 0 Å². The summed E-state index contributed by atoms with van der Waals surface area (Å²) in [5.41, 5.74) is 1.46. The molecule has 1 atom stereocenters. The van der Waals surface area contributed by atoms with Crippen molar-refractivity contribution in [3.8, 4) is 0 Å². The second kappa shape index (κ2) is 4.75. The lowest BCUT2D eigenvalue weighted by atomic mass is 9.92. The fraction of sp³-hybridized carbons (Fsp3) is 0.364. The largest absolute Gasteiger partial charge is 0.360 e. The molecule has 4 heteroatoms. The maximum atomic E-state index is 10.5. The number of nitrogens with one attached hydrogen (secondary N) is 1. The Bertz CT molecular complexity index is 327. The second-order valence-corrected chi connectivity index (χ2v) is 3.45. The van der Waals surface area contributed by atoms with Gasteiger partial charge in [0.15, 0.2) is 0 Å². The Labute approximate surface area is 95.2 Å². The fourth-order valence-electron chi connectivity index (χ4n) is 1.72. The molecule has 2 rings (SSSR count). The van der Waals surface area contributed by atoms with Crippen molar-refractivity contribution in [1.29, 1.82) is 0 Å². The minimum absolute atomic E-state index is 0. The average molecular weight is 228 g/mol. The minimum Gasteiger partial charge on any atom is -0.360 e. The number of aldehydes is 1. The molecule has 0 radical (unpaired) electrons. The predicted octanol–water partition coefficient (Wildman–Crippen LogP) is 1.71. The third-order valence-corrected chi connectivity index (χ3v) is 2.75. The summed E-state index contributed by atoms with van der Waals surface area (Å²) in [6, 6.07) is 7.48. The third kappa shape index (κ3) is 2.04. The maximum Gasteiger partial charge on any atom is 0.150 e. The highest BCUT2D eigenvalue weighted by Crippen LogP contribution is 2.31. The van der Waals surface area contributed by atoms with Crippen molar-refractivity contribution in [2.75, 3.05) is 13.7 Å². The molecule has 82 valence electrons. The number of hydrogen-bond donors (Lipinski definition) is 1. The highest BCUT2D eigenvalue weighted by Gasteiger charge is 2.38. The first kappa shape index (κ1) is 12.2. The molecule has 0 aliphatic carbocycles. The van der Waals surface area contributed by atoms with Crippen LogP contribution in [-0.4, -0.2) is 19.9 Å². The summed E-state index contributed by atoms with van der Waals surface area (Å²) in [7, 11) is 1.69. The SMILES string of the molecule is CO[C@]1(c2ccc(C=O)cc2)CCN1.Cl. The molecule has 0 aromatic heterocycles. The van der Waals surface area contributed by atoms with Crippen LogP contribution in [0.3, 0.4) is 0 Å². The van der Waals surface area contributed by atoms with E-state index >= 15 is 0 Å². The Morgan fingerprint density at radius 3 is 2.33 bits per heavy atom. The summed E-state index contributed by atoms with van der Waals surface area (Å²) in [4.78, 5) is 10.5. The molecule has 1 fully saturated rings. The lowest BCUT2D eigenvalue weighted by molar-refractivity contribution is -0.0971. The quantitative estimate of drug-likeness (QED) is 0.800. The zero-order chi connectivity index (χ0) is 10.0. The van der Waals surface area contributed by atoms with Crippen molar-refractivity contribution in [2.45, 2.75) is 12.1 Å². The predicted molar refractivity (Wildman–Crippen MR) is 60.4 cm³/mol. The van der Waals surface area contributed by atoms with Gasteiger partial charge in [-0.3, -0.25) is 10.1 Å². The Morgan fingerprint density at radius 1 is 1.40 bits per heavy atom. The topological polar surface area (TPSA) is 38.3 Å². The molecule has 0 bridgehead atoms. The minimum atomic E-state index is -0.318. The summed E-state index contributed by atoms with van der Waals surface area (Å²) >= 11 is 0. The third-order valence-electron chi connectivity index (χ3n) is 2.75. The van der Waals surface area contributed by atoms with E-state index in [0.717, 1.165) is 24.8 Å². The Morgan fingerprint density at radius 2 is 2.00 bits per heavy atom. The van der Waals surface area contributed by atoms with Gasteiger partial charge in [-0.25, -0.2) is 0 Å². The Hall–Kier alpha value is -0.900. The number of rotatable bonds is 3. The van der Waals surface area contributed by atoms with Gasteiger partial charge in [0.1, 0.15) is 12.0 Å². The van der Waals surface area contributed by atoms with Crippen molar-refractivity contribution in [2.24, 2.45) is 0 Å². The number of carbonyl (C=O) groups excluding carboxylic acids is 1. The molecule has 3 nitrogen and oxygen atoms in total. The molecule has 1 aliphatic heterocycles. The van der Waals surface area contributed by atoms with E-state index < -0.39 is 0 Å². The first-order valence-corrected chi connectivity index (χ1v) is 4.67. The average Bonchev–Trinajstić information content (AvgIpc) is 2.18. The fourth-order valence-corrected chi connectivity index (χ4v) is 1.72. The van der Waals surface area contributed by atoms with Gasteiger partial charge >= 0.3 is 0 Å². The van der Waals surface area contributed by atoms with Crippen LogP contribution in [0.25, 0.3) is 0 Å². The molecule has 1 aliphatic rings. The van der Waals surface area contributed by atoms with Gasteiger partial charge in [0.25, 0.3) is 0 Å². The highest BCUT2D eigenvalue weighted by molar-refractivity contribution is 5.85. The first-order valence-electron chi connectivity index (χ1n) is 4.67. The van der Waals surface area contributed by atoms with Gasteiger partial charge in [0.2, 0.25) is 0 Å². The van der Waals surface area contributed by atoms with Crippen molar-refractivity contribution >= 4 is 18.7 Å². The lowest BCUT2D eigenvalue weighted by Gasteiger charge is -2.42. The van der Waals surface area contributed by atoms with Gasteiger partial charge in [0.05, 0.1) is 0 Å². The van der Waals surface area contributed by atoms with Crippen molar-refractivity contribution in [1.82, 2.24) is 5.32 Å². The zero-order valence-corrected chi connectivity index (χ0v) is 9.34. The van der Waals surface area contributed by atoms with Crippen LogP contribution in [0.1, 0.15) is 22.3 Å². The molecule has 0 unspecified atom stereocenters. The number of benzene rings is 1. The summed E-state index contributed by atoms with van der Waals surface area (Å²) in [6.07, 6.45) is 1.82. The van der Waals surface area contributed by atoms with E-state index in [4.69, 9.17) is 4.74 Å². The Balaban J connectivity index is 0.00000112. The molecular weight excluding hydrogens is 214 g/mol. The summed E-state index contributed by atoms with van der Waals surface area (Å²) in [6.45, 7) is 0.975. The zero-order valence-electron chi connectivity index (χ0n) is 8.53. The van der Waals surface area contributed by atoms with Gasteiger partial charge in [-0.05, 0) is 5.56 Å². The van der Waals surface area contributed by atoms with Crippen molar-refractivity contribution in [3.05, 3.63) is 35.4 Å². The van der Waals surface area contributed by atoms with E-state index in [1.165, 1.54) is 0 Å². The van der Waals surface area contributed by atoms with E-state index in [2.05, 4.69) is 5.32 Å². The summed E-state index contributed by atoms with van der Waals surface area (Å²) in [5, 5.41) is 3.25.